The van der Waals surface area contributed by atoms with Crippen LogP contribution in [0.25, 0.3) is 0 Å². The molecule has 0 atom stereocenters. The third-order valence-corrected chi connectivity index (χ3v) is 4.57. The molecule has 0 heterocycles. The third kappa shape index (κ3) is 3.15. The van der Waals surface area contributed by atoms with E-state index in [1.165, 1.54) is 18.2 Å². The second-order valence-electron chi connectivity index (χ2n) is 4.79. The molecule has 0 saturated heterocycles. The Kier molecular flexibility index (Phi) is 3.87. The maximum absolute atomic E-state index is 12.4. The second-order valence-corrected chi connectivity index (χ2v) is 6.44. The maximum atomic E-state index is 12.4. The van der Waals surface area contributed by atoms with Gasteiger partial charge >= 0.3 is 0 Å². The van der Waals surface area contributed by atoms with Crippen LogP contribution in [-0.4, -0.2) is 8.42 Å². The monoisotopic (exact) mass is 301 g/mol. The van der Waals surface area contributed by atoms with Gasteiger partial charge < -0.3 is 5.73 Å². The predicted octanol–water partition coefficient (Wildman–Crippen LogP) is 2.56. The lowest BCUT2D eigenvalue weighted by atomic mass is 10.2. The van der Waals surface area contributed by atoms with Crippen molar-refractivity contribution >= 4 is 21.4 Å². The van der Waals surface area contributed by atoms with Crippen molar-refractivity contribution in [1.29, 1.82) is 5.26 Å². The van der Waals surface area contributed by atoms with Crippen LogP contribution < -0.4 is 10.5 Å². The van der Waals surface area contributed by atoms with E-state index in [0.29, 0.717) is 22.5 Å². The molecule has 6 heteroatoms. The number of nitrogens with one attached hydrogen (secondary N) is 1. The van der Waals surface area contributed by atoms with Crippen molar-refractivity contribution in [3.63, 3.8) is 0 Å². The number of nitriles is 1. The quantitative estimate of drug-likeness (QED) is 0.851. The van der Waals surface area contributed by atoms with Crippen molar-refractivity contribution in [2.45, 2.75) is 18.7 Å². The minimum Gasteiger partial charge on any atom is -0.397 e. The van der Waals surface area contributed by atoms with E-state index in [0.717, 1.165) is 5.56 Å². The summed E-state index contributed by atoms with van der Waals surface area (Å²) in [6.45, 7) is 3.52. The first kappa shape index (κ1) is 14.9. The Morgan fingerprint density at radius 1 is 1.14 bits per heavy atom. The van der Waals surface area contributed by atoms with Gasteiger partial charge in [0.1, 0.15) is 0 Å². The number of aryl methyl sites for hydroxylation is 2. The molecule has 0 aliphatic heterocycles. The van der Waals surface area contributed by atoms with E-state index in [4.69, 9.17) is 11.0 Å². The van der Waals surface area contributed by atoms with E-state index in [2.05, 4.69) is 4.72 Å². The molecule has 0 spiro atoms. The number of hydrogen-bond donors (Lipinski definition) is 2. The zero-order chi connectivity index (χ0) is 15.6. The number of anilines is 2. The molecular weight excluding hydrogens is 286 g/mol. The number of benzene rings is 2. The van der Waals surface area contributed by atoms with Crippen molar-refractivity contribution < 1.29 is 8.42 Å². The van der Waals surface area contributed by atoms with Crippen LogP contribution >= 0.6 is 0 Å². The van der Waals surface area contributed by atoms with Gasteiger partial charge in [0.15, 0.2) is 0 Å². The van der Waals surface area contributed by atoms with Crippen molar-refractivity contribution in [3.05, 3.63) is 53.1 Å². The number of rotatable bonds is 3. The van der Waals surface area contributed by atoms with Gasteiger partial charge in [-0.3, -0.25) is 4.72 Å². The number of hydrogen-bond acceptors (Lipinski definition) is 4. The molecule has 0 radical (unpaired) electrons. The second kappa shape index (κ2) is 5.46. The van der Waals surface area contributed by atoms with E-state index in [1.54, 1.807) is 25.1 Å². The van der Waals surface area contributed by atoms with Crippen LogP contribution in [0.1, 0.15) is 16.7 Å². The van der Waals surface area contributed by atoms with Gasteiger partial charge in [-0.15, -0.1) is 0 Å². The molecule has 2 aromatic carbocycles. The highest BCUT2D eigenvalue weighted by atomic mass is 32.2. The molecule has 0 unspecified atom stereocenters. The average Bonchev–Trinajstić information content (AvgIpc) is 2.41. The minimum absolute atomic E-state index is 0.126. The Balaban J connectivity index is 2.41. The van der Waals surface area contributed by atoms with E-state index in [-0.39, 0.29) is 4.90 Å². The van der Waals surface area contributed by atoms with Gasteiger partial charge in [0.25, 0.3) is 10.0 Å². The lowest BCUT2D eigenvalue weighted by Gasteiger charge is -2.12. The maximum Gasteiger partial charge on any atom is 0.262 e. The van der Waals surface area contributed by atoms with E-state index in [9.17, 15) is 8.42 Å². The SMILES string of the molecule is Cc1ccc(NS(=O)(=O)c2ccc(C#N)cc2C)c(N)c1. The highest BCUT2D eigenvalue weighted by Gasteiger charge is 2.18. The molecule has 108 valence electrons. The summed E-state index contributed by atoms with van der Waals surface area (Å²) in [7, 11) is -3.74. The lowest BCUT2D eigenvalue weighted by Crippen LogP contribution is -2.15. The zero-order valence-electron chi connectivity index (χ0n) is 11.7. The van der Waals surface area contributed by atoms with Gasteiger partial charge in [-0.05, 0) is 55.3 Å². The van der Waals surface area contributed by atoms with Crippen LogP contribution in [0.3, 0.4) is 0 Å². The summed E-state index contributed by atoms with van der Waals surface area (Å²) in [4.78, 5) is 0.126. The molecule has 0 saturated carbocycles. The van der Waals surface area contributed by atoms with Crippen LogP contribution in [0.4, 0.5) is 11.4 Å². The first-order valence-corrected chi connectivity index (χ1v) is 7.71. The molecule has 2 rings (SSSR count). The van der Waals surface area contributed by atoms with Crippen LogP contribution in [0.2, 0.25) is 0 Å². The van der Waals surface area contributed by atoms with E-state index >= 15 is 0 Å². The fourth-order valence-corrected chi connectivity index (χ4v) is 3.31. The highest BCUT2D eigenvalue weighted by molar-refractivity contribution is 7.92. The van der Waals surface area contributed by atoms with Gasteiger partial charge in [-0.25, -0.2) is 8.42 Å². The molecule has 0 fully saturated rings. The standard InChI is InChI=1S/C15H15N3O2S/c1-10-3-5-14(13(17)7-10)18-21(19,20)15-6-4-12(9-16)8-11(15)2/h3-8,18H,17H2,1-2H3. The van der Waals surface area contributed by atoms with E-state index < -0.39 is 10.0 Å². The molecule has 0 bridgehead atoms. The van der Waals surface area contributed by atoms with Crippen molar-refractivity contribution in [1.82, 2.24) is 0 Å². The van der Waals surface area contributed by atoms with Gasteiger partial charge in [0.2, 0.25) is 0 Å². The fourth-order valence-electron chi connectivity index (χ4n) is 2.00. The smallest absolute Gasteiger partial charge is 0.262 e. The first-order chi connectivity index (χ1) is 9.83. The largest absolute Gasteiger partial charge is 0.397 e. The topological polar surface area (TPSA) is 96.0 Å². The molecule has 0 aliphatic carbocycles. The molecule has 5 nitrogen and oxygen atoms in total. The summed E-state index contributed by atoms with van der Waals surface area (Å²) >= 11 is 0. The van der Waals surface area contributed by atoms with Gasteiger partial charge in [0.05, 0.1) is 27.9 Å². The van der Waals surface area contributed by atoms with Crippen molar-refractivity contribution in [3.8, 4) is 6.07 Å². The summed E-state index contributed by atoms with van der Waals surface area (Å²) in [6, 6.07) is 11.5. The summed E-state index contributed by atoms with van der Waals surface area (Å²) < 4.78 is 27.3. The predicted molar refractivity (Wildman–Crippen MR) is 82.3 cm³/mol. The number of sulfonamides is 1. The molecular formula is C15H15N3O2S. The molecule has 0 aromatic heterocycles. The molecule has 2 aromatic rings. The van der Waals surface area contributed by atoms with Gasteiger partial charge in [-0.2, -0.15) is 5.26 Å². The number of nitrogen functional groups attached to an aromatic ring is 1. The summed E-state index contributed by atoms with van der Waals surface area (Å²) in [6.07, 6.45) is 0. The summed E-state index contributed by atoms with van der Waals surface area (Å²) in [5, 5.41) is 8.82. The van der Waals surface area contributed by atoms with Gasteiger partial charge in [0, 0.05) is 0 Å². The Morgan fingerprint density at radius 3 is 2.43 bits per heavy atom. The summed E-state index contributed by atoms with van der Waals surface area (Å²) in [5.41, 5.74) is 8.40. The molecule has 21 heavy (non-hydrogen) atoms. The Labute approximate surface area is 124 Å². The average molecular weight is 301 g/mol. The third-order valence-electron chi connectivity index (χ3n) is 3.04. The Morgan fingerprint density at radius 2 is 1.86 bits per heavy atom. The first-order valence-electron chi connectivity index (χ1n) is 6.23. The minimum atomic E-state index is -3.74. The van der Waals surface area contributed by atoms with E-state index in [1.807, 2.05) is 13.0 Å². The van der Waals surface area contributed by atoms with Crippen LogP contribution in [0.5, 0.6) is 0 Å². The van der Waals surface area contributed by atoms with Crippen molar-refractivity contribution in [2.24, 2.45) is 0 Å². The van der Waals surface area contributed by atoms with Crippen LogP contribution in [0.15, 0.2) is 41.3 Å². The lowest BCUT2D eigenvalue weighted by molar-refractivity contribution is 0.600. The normalized spacial score (nSPS) is 10.9. The highest BCUT2D eigenvalue weighted by Crippen LogP contribution is 2.24. The van der Waals surface area contributed by atoms with Crippen LogP contribution in [-0.2, 0) is 10.0 Å². The number of nitrogens with two attached hydrogens (primary N) is 1. The van der Waals surface area contributed by atoms with Crippen LogP contribution in [0, 0.1) is 25.2 Å². The fraction of sp³-hybridized carbons (Fsp3) is 0.133. The van der Waals surface area contributed by atoms with Crippen molar-refractivity contribution in [2.75, 3.05) is 10.5 Å². The zero-order valence-corrected chi connectivity index (χ0v) is 12.5. The Hall–Kier alpha value is -2.52. The Bertz CT molecular complexity index is 836. The molecule has 0 aliphatic rings. The summed E-state index contributed by atoms with van der Waals surface area (Å²) in [5.74, 6) is 0. The van der Waals surface area contributed by atoms with Gasteiger partial charge in [-0.1, -0.05) is 6.07 Å². The molecule has 0 amide bonds. The molecule has 3 N–H and O–H groups in total. The number of nitrogens with zero attached hydrogens (tertiary/aromatic N) is 1.